The van der Waals surface area contributed by atoms with Gasteiger partial charge in [0.05, 0.1) is 12.4 Å². The average Bonchev–Trinajstić information content (AvgIpc) is 2.54. The molecule has 7 heteroatoms. The molecule has 104 valence electrons. The van der Waals surface area contributed by atoms with E-state index in [9.17, 15) is 4.79 Å². The van der Waals surface area contributed by atoms with Gasteiger partial charge in [-0.15, -0.1) is 5.10 Å². The van der Waals surface area contributed by atoms with Gasteiger partial charge in [0.1, 0.15) is 11.5 Å². The highest BCUT2D eigenvalue weighted by Gasteiger charge is 2.12. The van der Waals surface area contributed by atoms with E-state index in [4.69, 9.17) is 0 Å². The van der Waals surface area contributed by atoms with Crippen LogP contribution in [0.3, 0.4) is 0 Å². The van der Waals surface area contributed by atoms with E-state index in [1.807, 2.05) is 24.3 Å². The quantitative estimate of drug-likeness (QED) is 0.758. The minimum absolute atomic E-state index is 0.142. The van der Waals surface area contributed by atoms with E-state index >= 15 is 0 Å². The molecule has 0 unspecified atom stereocenters. The second-order valence-electron chi connectivity index (χ2n) is 4.25. The molecule has 3 rings (SSSR count). The number of amides is 1. The van der Waals surface area contributed by atoms with Crippen LogP contribution in [0.15, 0.2) is 42.7 Å². The fourth-order valence-electron chi connectivity index (χ4n) is 1.98. The minimum Gasteiger partial charge on any atom is -0.373 e. The lowest BCUT2D eigenvalue weighted by Crippen LogP contribution is -2.16. The number of hydrogen-bond acceptors (Lipinski definition) is 6. The van der Waals surface area contributed by atoms with Crippen LogP contribution in [0, 0.1) is 0 Å². The first kappa shape index (κ1) is 12.9. The van der Waals surface area contributed by atoms with Crippen molar-refractivity contribution in [2.45, 2.75) is 0 Å². The van der Waals surface area contributed by atoms with Crippen LogP contribution >= 0.6 is 0 Å². The maximum absolute atomic E-state index is 12.2. The molecule has 0 saturated carbocycles. The lowest BCUT2D eigenvalue weighted by molar-refractivity contribution is 0.102. The molecule has 0 fully saturated rings. The number of pyridine rings is 1. The molecule has 2 N–H and O–H groups in total. The van der Waals surface area contributed by atoms with Crippen LogP contribution in [0.2, 0.25) is 0 Å². The summed E-state index contributed by atoms with van der Waals surface area (Å²) in [6, 6.07) is 9.43. The molecule has 21 heavy (non-hydrogen) atoms. The summed E-state index contributed by atoms with van der Waals surface area (Å²) in [5.41, 5.74) is 0.283. The third-order valence-electron chi connectivity index (χ3n) is 2.92. The molecule has 1 amide bonds. The van der Waals surface area contributed by atoms with Gasteiger partial charge in [0.15, 0.2) is 0 Å². The number of fused-ring (bicyclic) bond motifs is 1. The van der Waals surface area contributed by atoms with Crippen molar-refractivity contribution in [3.8, 4) is 0 Å². The molecule has 0 aliphatic rings. The van der Waals surface area contributed by atoms with Gasteiger partial charge in [-0.3, -0.25) is 10.1 Å². The third-order valence-corrected chi connectivity index (χ3v) is 2.92. The maximum Gasteiger partial charge on any atom is 0.276 e. The Hall–Kier alpha value is -3.09. The minimum atomic E-state index is -0.384. The van der Waals surface area contributed by atoms with Crippen molar-refractivity contribution < 1.29 is 4.79 Å². The Bertz CT molecular complexity index is 790. The van der Waals surface area contributed by atoms with Gasteiger partial charge in [-0.2, -0.15) is 5.10 Å². The van der Waals surface area contributed by atoms with Gasteiger partial charge in [0.25, 0.3) is 5.91 Å². The highest BCUT2D eigenvalue weighted by Crippen LogP contribution is 2.22. The third kappa shape index (κ3) is 2.62. The summed E-state index contributed by atoms with van der Waals surface area (Å²) in [6.07, 6.45) is 2.89. The lowest BCUT2D eigenvalue weighted by Gasteiger charge is -2.08. The first-order valence-electron chi connectivity index (χ1n) is 6.30. The molecule has 0 aliphatic carbocycles. The van der Waals surface area contributed by atoms with E-state index in [0.717, 1.165) is 10.8 Å². The van der Waals surface area contributed by atoms with Crippen molar-refractivity contribution in [3.05, 3.63) is 48.4 Å². The van der Waals surface area contributed by atoms with Crippen molar-refractivity contribution in [2.75, 3.05) is 17.7 Å². The second kappa shape index (κ2) is 5.49. The summed E-state index contributed by atoms with van der Waals surface area (Å²) in [4.78, 5) is 20.4. The SMILES string of the molecule is CNc1nc(C(=O)Nc2nccnn2)cc2ccccc12. The van der Waals surface area contributed by atoms with Gasteiger partial charge in [0.2, 0.25) is 5.95 Å². The lowest BCUT2D eigenvalue weighted by atomic mass is 10.1. The highest BCUT2D eigenvalue weighted by molar-refractivity contribution is 6.05. The van der Waals surface area contributed by atoms with Crippen LogP contribution in [0.1, 0.15) is 10.5 Å². The zero-order valence-corrected chi connectivity index (χ0v) is 11.2. The van der Waals surface area contributed by atoms with Gasteiger partial charge in [-0.25, -0.2) is 9.97 Å². The van der Waals surface area contributed by atoms with Crippen LogP contribution in [0.25, 0.3) is 10.8 Å². The van der Waals surface area contributed by atoms with E-state index in [1.165, 1.54) is 12.4 Å². The number of nitrogens with zero attached hydrogens (tertiary/aromatic N) is 4. The van der Waals surface area contributed by atoms with E-state index in [2.05, 4.69) is 30.8 Å². The Morgan fingerprint density at radius 1 is 1.19 bits per heavy atom. The van der Waals surface area contributed by atoms with Crippen molar-refractivity contribution in [1.29, 1.82) is 0 Å². The highest BCUT2D eigenvalue weighted by atomic mass is 16.2. The number of carbonyl (C=O) groups excluding carboxylic acids is 1. The number of hydrogen-bond donors (Lipinski definition) is 2. The van der Waals surface area contributed by atoms with E-state index in [0.29, 0.717) is 5.82 Å². The summed E-state index contributed by atoms with van der Waals surface area (Å²) in [5, 5.41) is 14.8. The van der Waals surface area contributed by atoms with Crippen molar-refractivity contribution >= 4 is 28.4 Å². The monoisotopic (exact) mass is 280 g/mol. The van der Waals surface area contributed by atoms with Gasteiger partial charge < -0.3 is 5.32 Å². The molecule has 0 atom stereocenters. The number of carbonyl (C=O) groups is 1. The van der Waals surface area contributed by atoms with Crippen molar-refractivity contribution in [2.24, 2.45) is 0 Å². The standard InChI is InChI=1S/C14H12N6O/c1-15-12-10-5-3-2-4-9(10)8-11(18-12)13(21)19-14-16-6-7-17-20-14/h2-8H,1H3,(H,15,18)(H,16,19,20,21). The molecule has 2 aromatic heterocycles. The van der Waals surface area contributed by atoms with E-state index < -0.39 is 0 Å². The number of rotatable bonds is 3. The fraction of sp³-hybridized carbons (Fsp3) is 0.0714. The van der Waals surface area contributed by atoms with Crippen molar-refractivity contribution in [1.82, 2.24) is 20.2 Å². The van der Waals surface area contributed by atoms with Crippen molar-refractivity contribution in [3.63, 3.8) is 0 Å². The molecule has 0 spiro atoms. The number of benzene rings is 1. The molecule has 0 bridgehead atoms. The normalized spacial score (nSPS) is 10.3. The second-order valence-corrected chi connectivity index (χ2v) is 4.25. The smallest absolute Gasteiger partial charge is 0.276 e. The Morgan fingerprint density at radius 3 is 2.81 bits per heavy atom. The zero-order chi connectivity index (χ0) is 14.7. The van der Waals surface area contributed by atoms with Crippen LogP contribution in [-0.2, 0) is 0 Å². The fourth-order valence-corrected chi connectivity index (χ4v) is 1.98. The topological polar surface area (TPSA) is 92.7 Å². The summed E-state index contributed by atoms with van der Waals surface area (Å²) in [6.45, 7) is 0. The summed E-state index contributed by atoms with van der Waals surface area (Å²) in [5.74, 6) is 0.402. The molecule has 1 aromatic carbocycles. The van der Waals surface area contributed by atoms with Crippen LogP contribution in [-0.4, -0.2) is 33.1 Å². The van der Waals surface area contributed by atoms with E-state index in [-0.39, 0.29) is 17.5 Å². The van der Waals surface area contributed by atoms with E-state index in [1.54, 1.807) is 13.1 Å². The number of anilines is 2. The molecule has 3 aromatic rings. The molecular formula is C14H12N6O. The molecule has 0 aliphatic heterocycles. The number of aromatic nitrogens is 4. The van der Waals surface area contributed by atoms with Crippen LogP contribution in [0.5, 0.6) is 0 Å². The zero-order valence-electron chi connectivity index (χ0n) is 11.2. The Labute approximate surface area is 120 Å². The Balaban J connectivity index is 1.98. The largest absolute Gasteiger partial charge is 0.373 e. The predicted octanol–water partition coefficient (Wildman–Crippen LogP) is 1.71. The molecule has 7 nitrogen and oxygen atoms in total. The van der Waals surface area contributed by atoms with Crippen LogP contribution < -0.4 is 10.6 Å². The maximum atomic E-state index is 12.2. The molecule has 0 saturated heterocycles. The van der Waals surface area contributed by atoms with Gasteiger partial charge in [0, 0.05) is 12.4 Å². The first-order valence-corrected chi connectivity index (χ1v) is 6.30. The van der Waals surface area contributed by atoms with Gasteiger partial charge in [-0.1, -0.05) is 24.3 Å². The summed E-state index contributed by atoms with van der Waals surface area (Å²) < 4.78 is 0. The summed E-state index contributed by atoms with van der Waals surface area (Å²) >= 11 is 0. The first-order chi connectivity index (χ1) is 10.3. The summed E-state index contributed by atoms with van der Waals surface area (Å²) in [7, 11) is 1.76. The number of nitrogens with one attached hydrogen (secondary N) is 2. The average molecular weight is 280 g/mol. The predicted molar refractivity (Wildman–Crippen MR) is 79.1 cm³/mol. The molecule has 0 radical (unpaired) electrons. The van der Waals surface area contributed by atoms with Gasteiger partial charge in [-0.05, 0) is 11.5 Å². The molecule has 2 heterocycles. The Morgan fingerprint density at radius 2 is 2.05 bits per heavy atom. The molecular weight excluding hydrogens is 268 g/mol. The Kier molecular flexibility index (Phi) is 3.38. The van der Waals surface area contributed by atoms with Gasteiger partial charge >= 0.3 is 0 Å². The van der Waals surface area contributed by atoms with Crippen LogP contribution in [0.4, 0.5) is 11.8 Å².